The van der Waals surface area contributed by atoms with Gasteiger partial charge in [0.05, 0.1) is 17.1 Å². The molecule has 0 saturated carbocycles. The Balaban J connectivity index is 1.89. The smallest absolute Gasteiger partial charge is 0.295 e. The number of aromatic nitrogens is 4. The van der Waals surface area contributed by atoms with Gasteiger partial charge in [-0.05, 0) is 63.6 Å². The van der Waals surface area contributed by atoms with E-state index in [-0.39, 0.29) is 11.7 Å². The monoisotopic (exact) mass is 355 g/mol. The van der Waals surface area contributed by atoms with Gasteiger partial charge in [0.1, 0.15) is 5.82 Å². The Morgan fingerprint density at radius 2 is 1.76 bits per heavy atom. The standard InChI is InChI=1S/C18H18ClN5O/c1-10-9-11(2)20-12(3)16(10)22-18(25)17-21-13(4)24(23-17)15-7-5-14(19)6-8-15/h5-9H,1-4H3,(H,22,25). The molecule has 1 aromatic carbocycles. The molecule has 0 aliphatic carbocycles. The highest BCUT2D eigenvalue weighted by atomic mass is 35.5. The highest BCUT2D eigenvalue weighted by Crippen LogP contribution is 2.20. The fourth-order valence-electron chi connectivity index (χ4n) is 2.70. The minimum absolute atomic E-state index is 0.104. The van der Waals surface area contributed by atoms with Crippen LogP contribution < -0.4 is 5.32 Å². The molecule has 1 amide bonds. The average Bonchev–Trinajstić information content (AvgIpc) is 2.93. The summed E-state index contributed by atoms with van der Waals surface area (Å²) in [6.07, 6.45) is 0. The number of rotatable bonds is 3. The Hall–Kier alpha value is -2.73. The molecule has 3 aromatic rings. The van der Waals surface area contributed by atoms with Gasteiger partial charge in [-0.2, -0.15) is 0 Å². The number of pyridine rings is 1. The van der Waals surface area contributed by atoms with Crippen molar-refractivity contribution in [2.75, 3.05) is 5.32 Å². The largest absolute Gasteiger partial charge is 0.317 e. The van der Waals surface area contributed by atoms with Gasteiger partial charge in [-0.15, -0.1) is 5.10 Å². The second-order valence-corrected chi connectivity index (χ2v) is 6.30. The summed E-state index contributed by atoms with van der Waals surface area (Å²) in [4.78, 5) is 21.2. The molecule has 3 rings (SSSR count). The Morgan fingerprint density at radius 3 is 2.40 bits per heavy atom. The van der Waals surface area contributed by atoms with Crippen molar-refractivity contribution in [3.63, 3.8) is 0 Å². The molecule has 2 aromatic heterocycles. The zero-order valence-electron chi connectivity index (χ0n) is 14.5. The van der Waals surface area contributed by atoms with Crippen LogP contribution in [0.2, 0.25) is 5.02 Å². The van der Waals surface area contributed by atoms with E-state index in [0.717, 1.165) is 22.6 Å². The highest BCUT2D eigenvalue weighted by molar-refractivity contribution is 6.30. The summed E-state index contributed by atoms with van der Waals surface area (Å²) in [5.74, 6) is 0.349. The third-order valence-corrected chi connectivity index (χ3v) is 4.06. The minimum Gasteiger partial charge on any atom is -0.317 e. The van der Waals surface area contributed by atoms with Crippen LogP contribution in [0.15, 0.2) is 30.3 Å². The van der Waals surface area contributed by atoms with Gasteiger partial charge in [0.15, 0.2) is 0 Å². The van der Waals surface area contributed by atoms with Gasteiger partial charge in [0.2, 0.25) is 5.82 Å². The van der Waals surface area contributed by atoms with E-state index < -0.39 is 0 Å². The first kappa shape index (κ1) is 17.1. The van der Waals surface area contributed by atoms with Crippen molar-refractivity contribution in [1.82, 2.24) is 19.7 Å². The molecule has 6 nitrogen and oxygen atoms in total. The molecule has 0 saturated heterocycles. The lowest BCUT2D eigenvalue weighted by molar-refractivity contribution is 0.101. The maximum absolute atomic E-state index is 12.6. The number of aryl methyl sites for hydroxylation is 4. The molecule has 25 heavy (non-hydrogen) atoms. The van der Waals surface area contributed by atoms with Gasteiger partial charge in [0, 0.05) is 10.7 Å². The summed E-state index contributed by atoms with van der Waals surface area (Å²) in [5.41, 5.74) is 4.11. The molecule has 7 heteroatoms. The van der Waals surface area contributed by atoms with Gasteiger partial charge >= 0.3 is 0 Å². The van der Waals surface area contributed by atoms with Crippen molar-refractivity contribution in [2.24, 2.45) is 0 Å². The quantitative estimate of drug-likeness (QED) is 0.775. The number of halogens is 1. The summed E-state index contributed by atoms with van der Waals surface area (Å²) in [7, 11) is 0. The second-order valence-electron chi connectivity index (χ2n) is 5.87. The number of nitrogens with one attached hydrogen (secondary N) is 1. The topological polar surface area (TPSA) is 72.7 Å². The lowest BCUT2D eigenvalue weighted by Gasteiger charge is -2.10. The van der Waals surface area contributed by atoms with Crippen LogP contribution >= 0.6 is 11.6 Å². The number of hydrogen-bond acceptors (Lipinski definition) is 4. The van der Waals surface area contributed by atoms with E-state index >= 15 is 0 Å². The second kappa shape index (κ2) is 6.64. The highest BCUT2D eigenvalue weighted by Gasteiger charge is 2.17. The van der Waals surface area contributed by atoms with E-state index in [1.54, 1.807) is 23.7 Å². The van der Waals surface area contributed by atoms with Crippen molar-refractivity contribution in [2.45, 2.75) is 27.7 Å². The predicted octanol–water partition coefficient (Wildman–Crippen LogP) is 3.80. The van der Waals surface area contributed by atoms with Crippen LogP contribution in [0.4, 0.5) is 5.69 Å². The average molecular weight is 356 g/mol. The van der Waals surface area contributed by atoms with Crippen molar-refractivity contribution in [1.29, 1.82) is 0 Å². The van der Waals surface area contributed by atoms with Crippen molar-refractivity contribution >= 4 is 23.2 Å². The van der Waals surface area contributed by atoms with E-state index in [4.69, 9.17) is 11.6 Å². The number of carbonyl (C=O) groups excluding carboxylic acids is 1. The first-order valence-corrected chi connectivity index (χ1v) is 8.19. The number of anilines is 1. The van der Waals surface area contributed by atoms with Crippen molar-refractivity contribution in [3.05, 3.63) is 64.0 Å². The van der Waals surface area contributed by atoms with E-state index in [9.17, 15) is 4.79 Å². The van der Waals surface area contributed by atoms with E-state index in [1.807, 2.05) is 39.0 Å². The Bertz CT molecular complexity index is 924. The van der Waals surface area contributed by atoms with Gasteiger partial charge in [-0.25, -0.2) is 9.67 Å². The molecule has 2 heterocycles. The molecule has 0 atom stereocenters. The molecule has 128 valence electrons. The fourth-order valence-corrected chi connectivity index (χ4v) is 2.82. The number of nitrogens with zero attached hydrogens (tertiary/aromatic N) is 4. The zero-order chi connectivity index (χ0) is 18.1. The van der Waals surface area contributed by atoms with Crippen LogP contribution in [-0.2, 0) is 0 Å². The Labute approximate surface area is 150 Å². The lowest BCUT2D eigenvalue weighted by atomic mass is 10.1. The third-order valence-electron chi connectivity index (χ3n) is 3.81. The van der Waals surface area contributed by atoms with Crippen LogP contribution in [0, 0.1) is 27.7 Å². The number of amides is 1. The zero-order valence-corrected chi connectivity index (χ0v) is 15.2. The Kier molecular flexibility index (Phi) is 4.55. The fraction of sp³-hybridized carbons (Fsp3) is 0.222. The first-order valence-electron chi connectivity index (χ1n) is 7.81. The van der Waals surface area contributed by atoms with E-state index in [2.05, 4.69) is 20.4 Å². The summed E-state index contributed by atoms with van der Waals surface area (Å²) in [5, 5.41) is 7.81. The van der Waals surface area contributed by atoms with Crippen molar-refractivity contribution in [3.8, 4) is 5.69 Å². The molecule has 0 bridgehead atoms. The van der Waals surface area contributed by atoms with E-state index in [1.165, 1.54) is 0 Å². The van der Waals surface area contributed by atoms with Gasteiger partial charge in [0.25, 0.3) is 5.91 Å². The van der Waals surface area contributed by atoms with Crippen LogP contribution in [0.1, 0.15) is 33.4 Å². The summed E-state index contributed by atoms with van der Waals surface area (Å²) in [6.45, 7) is 7.51. The molecule has 0 spiro atoms. The van der Waals surface area contributed by atoms with Crippen LogP contribution in [0.3, 0.4) is 0 Å². The lowest BCUT2D eigenvalue weighted by Crippen LogP contribution is -2.16. The normalized spacial score (nSPS) is 10.8. The molecular weight excluding hydrogens is 338 g/mol. The van der Waals surface area contributed by atoms with Gasteiger partial charge in [-0.3, -0.25) is 9.78 Å². The number of hydrogen-bond donors (Lipinski definition) is 1. The molecule has 0 unspecified atom stereocenters. The maximum atomic E-state index is 12.6. The SMILES string of the molecule is Cc1cc(C)c(NC(=O)c2nc(C)n(-c3ccc(Cl)cc3)n2)c(C)n1. The van der Waals surface area contributed by atoms with Gasteiger partial charge < -0.3 is 5.32 Å². The third kappa shape index (κ3) is 3.53. The minimum atomic E-state index is -0.368. The molecule has 0 radical (unpaired) electrons. The molecular formula is C18H18ClN5O. The van der Waals surface area contributed by atoms with Crippen LogP contribution in [0.5, 0.6) is 0 Å². The van der Waals surface area contributed by atoms with Crippen molar-refractivity contribution < 1.29 is 4.79 Å². The van der Waals surface area contributed by atoms with E-state index in [0.29, 0.717) is 16.5 Å². The summed E-state index contributed by atoms with van der Waals surface area (Å²) < 4.78 is 1.61. The molecule has 0 fully saturated rings. The number of benzene rings is 1. The summed E-state index contributed by atoms with van der Waals surface area (Å²) >= 11 is 5.91. The van der Waals surface area contributed by atoms with Crippen LogP contribution in [0.25, 0.3) is 5.69 Å². The Morgan fingerprint density at radius 1 is 1.08 bits per heavy atom. The van der Waals surface area contributed by atoms with Gasteiger partial charge in [-0.1, -0.05) is 11.6 Å². The van der Waals surface area contributed by atoms with Crippen LogP contribution in [-0.4, -0.2) is 25.7 Å². The number of carbonyl (C=O) groups is 1. The molecule has 0 aliphatic heterocycles. The summed E-state index contributed by atoms with van der Waals surface area (Å²) in [6, 6.07) is 9.10. The first-order chi connectivity index (χ1) is 11.8. The predicted molar refractivity (Wildman–Crippen MR) is 97.5 cm³/mol. The molecule has 0 aliphatic rings. The maximum Gasteiger partial charge on any atom is 0.295 e. The molecule has 1 N–H and O–H groups in total.